The fourth-order valence-electron chi connectivity index (χ4n) is 3.62. The van der Waals surface area contributed by atoms with Crippen LogP contribution >= 0.6 is 11.3 Å². The normalized spacial score (nSPS) is 16.2. The van der Waals surface area contributed by atoms with Crippen LogP contribution in [0, 0.1) is 12.8 Å². The van der Waals surface area contributed by atoms with Gasteiger partial charge in [0.2, 0.25) is 5.91 Å². The quantitative estimate of drug-likeness (QED) is 0.675. The highest BCUT2D eigenvalue weighted by Crippen LogP contribution is 2.32. The van der Waals surface area contributed by atoms with Gasteiger partial charge in [0, 0.05) is 19.5 Å². The molecule has 0 radical (unpaired) electrons. The van der Waals surface area contributed by atoms with Gasteiger partial charge in [-0.15, -0.1) is 0 Å². The first kappa shape index (κ1) is 19.3. The number of nitrogens with one attached hydrogen (secondary N) is 1. The number of anilines is 1. The van der Waals surface area contributed by atoms with E-state index >= 15 is 0 Å². The van der Waals surface area contributed by atoms with Crippen LogP contribution in [0.5, 0.6) is 0 Å². The summed E-state index contributed by atoms with van der Waals surface area (Å²) in [6, 6.07) is 20.0. The van der Waals surface area contributed by atoms with E-state index in [1.807, 2.05) is 55.5 Å². The maximum Gasteiger partial charge on any atom is 0.263 e. The molecule has 0 bridgehead atoms. The lowest BCUT2D eigenvalue weighted by atomic mass is 9.99. The average molecular weight is 406 g/mol. The van der Waals surface area contributed by atoms with Crippen molar-refractivity contribution in [2.24, 2.45) is 5.92 Å². The van der Waals surface area contributed by atoms with Gasteiger partial charge in [-0.1, -0.05) is 72.0 Å². The number of amides is 2. The van der Waals surface area contributed by atoms with Gasteiger partial charge in [-0.05, 0) is 30.4 Å². The Hall–Kier alpha value is -2.99. The summed E-state index contributed by atoms with van der Waals surface area (Å²) in [4.78, 5) is 32.0. The average Bonchev–Trinajstić information content (AvgIpc) is 3.30. The Balaban J connectivity index is 1.41. The summed E-state index contributed by atoms with van der Waals surface area (Å²) in [6.07, 6.45) is 1.39. The largest absolute Gasteiger partial charge is 0.347 e. The molecule has 1 fully saturated rings. The van der Waals surface area contributed by atoms with Crippen molar-refractivity contribution in [2.45, 2.75) is 26.3 Å². The van der Waals surface area contributed by atoms with Crippen molar-refractivity contribution < 1.29 is 9.59 Å². The molecular weight excluding hydrogens is 382 g/mol. The van der Waals surface area contributed by atoms with Crippen LogP contribution in [0.1, 0.15) is 32.9 Å². The maximum atomic E-state index is 12.6. The second-order valence-corrected chi connectivity index (χ2v) is 8.32. The summed E-state index contributed by atoms with van der Waals surface area (Å²) in [5.41, 5.74) is 2.94. The third-order valence-corrected chi connectivity index (χ3v) is 6.27. The van der Waals surface area contributed by atoms with Gasteiger partial charge in [-0.2, -0.15) is 0 Å². The molecule has 2 heterocycles. The topological polar surface area (TPSA) is 62.3 Å². The Bertz CT molecular complexity index is 1000. The van der Waals surface area contributed by atoms with Gasteiger partial charge >= 0.3 is 0 Å². The lowest BCUT2D eigenvalue weighted by molar-refractivity contribution is -0.117. The number of hydrogen-bond acceptors (Lipinski definition) is 4. The molecule has 148 valence electrons. The molecule has 3 aromatic rings. The van der Waals surface area contributed by atoms with E-state index in [0.717, 1.165) is 12.0 Å². The van der Waals surface area contributed by atoms with E-state index in [2.05, 4.69) is 22.4 Å². The molecule has 4 rings (SSSR count). The van der Waals surface area contributed by atoms with Gasteiger partial charge in [-0.25, -0.2) is 4.98 Å². The molecule has 0 saturated carbocycles. The van der Waals surface area contributed by atoms with Gasteiger partial charge in [0.25, 0.3) is 5.91 Å². The minimum absolute atomic E-state index is 0.0796. The second-order valence-electron chi connectivity index (χ2n) is 7.34. The molecule has 2 amide bonds. The summed E-state index contributed by atoms with van der Waals surface area (Å²) < 4.78 is 0. The van der Waals surface area contributed by atoms with E-state index in [0.29, 0.717) is 35.2 Å². The Kier molecular flexibility index (Phi) is 5.71. The highest BCUT2D eigenvalue weighted by atomic mass is 32.1. The molecule has 0 aliphatic carbocycles. The molecule has 0 spiro atoms. The standard InChI is InChI=1S/C23H23N3O2S/c1-16-21(22(28)24-14-18-10-6-3-7-11-18)29-23(25-16)26-15-19(13-20(26)27)12-17-8-4-2-5-9-17/h2-11,19H,12-15H2,1H3,(H,24,28)/t19-/m1/s1. The van der Waals surface area contributed by atoms with Crippen molar-refractivity contribution >= 4 is 28.3 Å². The number of aromatic nitrogens is 1. The molecular formula is C23H23N3O2S. The van der Waals surface area contributed by atoms with Crippen molar-refractivity contribution in [3.05, 3.63) is 82.4 Å². The molecule has 0 unspecified atom stereocenters. The fourth-order valence-corrected chi connectivity index (χ4v) is 4.63. The van der Waals surface area contributed by atoms with Crippen LogP contribution in [0.15, 0.2) is 60.7 Å². The summed E-state index contributed by atoms with van der Waals surface area (Å²) in [7, 11) is 0. The summed E-state index contributed by atoms with van der Waals surface area (Å²) in [5, 5.41) is 3.56. The predicted molar refractivity (Wildman–Crippen MR) is 115 cm³/mol. The zero-order valence-corrected chi connectivity index (χ0v) is 17.1. The summed E-state index contributed by atoms with van der Waals surface area (Å²) in [6.45, 7) is 2.93. The van der Waals surface area contributed by atoms with Crippen LogP contribution in [0.2, 0.25) is 0 Å². The first-order valence-electron chi connectivity index (χ1n) is 9.74. The van der Waals surface area contributed by atoms with Gasteiger partial charge in [0.1, 0.15) is 4.88 Å². The minimum atomic E-state index is -0.150. The Labute approximate surface area is 174 Å². The number of carbonyl (C=O) groups is 2. The van der Waals surface area contributed by atoms with Crippen LogP contribution in [0.4, 0.5) is 5.13 Å². The summed E-state index contributed by atoms with van der Waals surface area (Å²) in [5.74, 6) is 0.197. The SMILES string of the molecule is Cc1nc(N2C[C@H](Cc3ccccc3)CC2=O)sc1C(=O)NCc1ccccc1. The molecule has 1 aliphatic heterocycles. The van der Waals surface area contributed by atoms with E-state index < -0.39 is 0 Å². The number of hydrogen-bond donors (Lipinski definition) is 1. The van der Waals surface area contributed by atoms with Crippen LogP contribution in [0.25, 0.3) is 0 Å². The van der Waals surface area contributed by atoms with Gasteiger partial charge in [0.15, 0.2) is 5.13 Å². The van der Waals surface area contributed by atoms with E-state index in [-0.39, 0.29) is 17.7 Å². The zero-order chi connectivity index (χ0) is 20.2. The van der Waals surface area contributed by atoms with E-state index in [9.17, 15) is 9.59 Å². The molecule has 29 heavy (non-hydrogen) atoms. The third-order valence-electron chi connectivity index (χ3n) is 5.09. The first-order valence-corrected chi connectivity index (χ1v) is 10.6. The predicted octanol–water partition coefficient (Wildman–Crippen LogP) is 3.98. The first-order chi connectivity index (χ1) is 14.1. The van der Waals surface area contributed by atoms with Crippen molar-refractivity contribution in [2.75, 3.05) is 11.4 Å². The smallest absolute Gasteiger partial charge is 0.263 e. The number of rotatable bonds is 6. The molecule has 1 aliphatic rings. The van der Waals surface area contributed by atoms with Crippen LogP contribution in [-0.2, 0) is 17.8 Å². The van der Waals surface area contributed by atoms with Crippen molar-refractivity contribution in [1.82, 2.24) is 10.3 Å². The molecule has 2 aromatic carbocycles. The van der Waals surface area contributed by atoms with E-state index in [4.69, 9.17) is 0 Å². The lowest BCUT2D eigenvalue weighted by Crippen LogP contribution is -2.24. The highest BCUT2D eigenvalue weighted by molar-refractivity contribution is 7.17. The molecule has 5 nitrogen and oxygen atoms in total. The number of aryl methyl sites for hydroxylation is 1. The molecule has 1 saturated heterocycles. The molecule has 6 heteroatoms. The van der Waals surface area contributed by atoms with Crippen LogP contribution in [0.3, 0.4) is 0 Å². The monoisotopic (exact) mass is 405 g/mol. The van der Waals surface area contributed by atoms with Crippen molar-refractivity contribution in [1.29, 1.82) is 0 Å². The van der Waals surface area contributed by atoms with Gasteiger partial charge < -0.3 is 5.32 Å². The summed E-state index contributed by atoms with van der Waals surface area (Å²) >= 11 is 1.29. The number of thiazole rings is 1. The van der Waals surface area contributed by atoms with Gasteiger partial charge in [-0.3, -0.25) is 14.5 Å². The van der Waals surface area contributed by atoms with Crippen molar-refractivity contribution in [3.8, 4) is 0 Å². The number of carbonyl (C=O) groups excluding carboxylic acids is 2. The van der Waals surface area contributed by atoms with Gasteiger partial charge in [0.05, 0.1) is 5.69 Å². The highest BCUT2D eigenvalue weighted by Gasteiger charge is 2.33. The van der Waals surface area contributed by atoms with Crippen LogP contribution in [-0.4, -0.2) is 23.3 Å². The number of benzene rings is 2. The fraction of sp³-hybridized carbons (Fsp3) is 0.261. The Morgan fingerprint density at radius 3 is 2.45 bits per heavy atom. The zero-order valence-electron chi connectivity index (χ0n) is 16.3. The third kappa shape index (κ3) is 4.54. The molecule has 1 atom stereocenters. The molecule has 1 aromatic heterocycles. The van der Waals surface area contributed by atoms with Crippen molar-refractivity contribution in [3.63, 3.8) is 0 Å². The Morgan fingerprint density at radius 1 is 1.10 bits per heavy atom. The lowest BCUT2D eigenvalue weighted by Gasteiger charge is -2.13. The second kappa shape index (κ2) is 8.57. The maximum absolute atomic E-state index is 12.6. The van der Waals surface area contributed by atoms with E-state index in [1.54, 1.807) is 4.90 Å². The molecule has 1 N–H and O–H groups in total. The Morgan fingerprint density at radius 2 is 1.76 bits per heavy atom. The minimum Gasteiger partial charge on any atom is -0.347 e. The van der Waals surface area contributed by atoms with E-state index in [1.165, 1.54) is 16.9 Å². The number of nitrogens with zero attached hydrogens (tertiary/aromatic N) is 2. The van der Waals surface area contributed by atoms with Crippen LogP contribution < -0.4 is 10.2 Å².